The average molecular weight is 181 g/mol. The van der Waals surface area contributed by atoms with Crippen LogP contribution in [0.1, 0.15) is 44.3 Å². The lowest BCUT2D eigenvalue weighted by Crippen LogP contribution is -2.33. The molecule has 0 bridgehead atoms. The van der Waals surface area contributed by atoms with Crippen molar-refractivity contribution >= 4 is 0 Å². The fraction of sp³-hybridized carbons (Fsp3) is 0.778. The van der Waals surface area contributed by atoms with Crippen molar-refractivity contribution in [2.45, 2.75) is 38.1 Å². The first-order chi connectivity index (χ1) is 6.13. The highest BCUT2D eigenvalue weighted by molar-refractivity contribution is 5.06. The Hall–Kier alpha value is -0.900. The van der Waals surface area contributed by atoms with E-state index < -0.39 is 0 Å². The van der Waals surface area contributed by atoms with Crippen LogP contribution >= 0.6 is 0 Å². The topological polar surface area (TPSA) is 51.0 Å². The van der Waals surface area contributed by atoms with Gasteiger partial charge in [0.05, 0.1) is 5.54 Å². The number of nitrogens with zero attached hydrogens (tertiary/aromatic N) is 2. The van der Waals surface area contributed by atoms with Crippen LogP contribution < -0.4 is 5.32 Å². The van der Waals surface area contributed by atoms with Crippen LogP contribution in [-0.2, 0) is 5.54 Å². The summed E-state index contributed by atoms with van der Waals surface area (Å²) in [6.07, 6.45) is 2.41. The van der Waals surface area contributed by atoms with Gasteiger partial charge in [0.2, 0.25) is 5.89 Å². The van der Waals surface area contributed by atoms with Crippen molar-refractivity contribution in [1.29, 1.82) is 0 Å². The van der Waals surface area contributed by atoms with E-state index in [2.05, 4.69) is 15.5 Å². The molecule has 1 aromatic heterocycles. The zero-order valence-electron chi connectivity index (χ0n) is 8.29. The van der Waals surface area contributed by atoms with Gasteiger partial charge in [-0.3, -0.25) is 0 Å². The molecule has 0 aliphatic heterocycles. The lowest BCUT2D eigenvalue weighted by atomic mass is 10.1. The fourth-order valence-corrected chi connectivity index (χ4v) is 1.10. The van der Waals surface area contributed by atoms with Crippen LogP contribution in [0.4, 0.5) is 0 Å². The van der Waals surface area contributed by atoms with Crippen LogP contribution in [0.2, 0.25) is 0 Å². The maximum atomic E-state index is 5.20. The van der Waals surface area contributed by atoms with E-state index in [1.54, 1.807) is 0 Å². The molecule has 4 heteroatoms. The Morgan fingerprint density at radius 1 is 1.46 bits per heavy atom. The highest BCUT2D eigenvalue weighted by Gasteiger charge is 2.32. The molecule has 0 radical (unpaired) electrons. The average Bonchev–Trinajstić information content (AvgIpc) is 2.83. The van der Waals surface area contributed by atoms with Gasteiger partial charge in [-0.25, -0.2) is 0 Å². The highest BCUT2D eigenvalue weighted by Crippen LogP contribution is 2.38. The number of rotatable bonds is 3. The molecule has 0 amide bonds. The van der Waals surface area contributed by atoms with Crippen LogP contribution in [-0.4, -0.2) is 17.2 Å². The standard InChI is InChI=1S/C9H15N3O/c1-9(2,10-3)8-11-7(12-13-8)6-4-5-6/h6,10H,4-5H2,1-3H3. The third-order valence-electron chi connectivity index (χ3n) is 2.54. The van der Waals surface area contributed by atoms with Crippen molar-refractivity contribution in [1.82, 2.24) is 15.5 Å². The van der Waals surface area contributed by atoms with Crippen molar-refractivity contribution in [2.75, 3.05) is 7.05 Å². The van der Waals surface area contributed by atoms with E-state index in [0.29, 0.717) is 11.8 Å². The third-order valence-corrected chi connectivity index (χ3v) is 2.54. The molecule has 1 N–H and O–H groups in total. The smallest absolute Gasteiger partial charge is 0.246 e. The van der Waals surface area contributed by atoms with Gasteiger partial charge in [-0.05, 0) is 33.7 Å². The summed E-state index contributed by atoms with van der Waals surface area (Å²) in [5.41, 5.74) is -0.222. The number of aromatic nitrogens is 2. The molecule has 2 rings (SSSR count). The van der Waals surface area contributed by atoms with E-state index >= 15 is 0 Å². The number of hydrogen-bond donors (Lipinski definition) is 1. The molecule has 4 nitrogen and oxygen atoms in total. The van der Waals surface area contributed by atoms with Gasteiger partial charge in [0.15, 0.2) is 5.82 Å². The van der Waals surface area contributed by atoms with Crippen LogP contribution in [0, 0.1) is 0 Å². The minimum absolute atomic E-state index is 0.222. The van der Waals surface area contributed by atoms with Crippen LogP contribution in [0.3, 0.4) is 0 Å². The summed E-state index contributed by atoms with van der Waals surface area (Å²) in [4.78, 5) is 4.37. The summed E-state index contributed by atoms with van der Waals surface area (Å²) in [6.45, 7) is 4.05. The third kappa shape index (κ3) is 1.58. The van der Waals surface area contributed by atoms with Crippen molar-refractivity contribution in [2.24, 2.45) is 0 Å². The maximum Gasteiger partial charge on any atom is 0.246 e. The second-order valence-corrected chi connectivity index (χ2v) is 4.11. The fourth-order valence-electron chi connectivity index (χ4n) is 1.10. The Balaban J connectivity index is 2.20. The summed E-state index contributed by atoms with van der Waals surface area (Å²) < 4.78 is 5.20. The zero-order valence-corrected chi connectivity index (χ0v) is 8.29. The van der Waals surface area contributed by atoms with E-state index in [-0.39, 0.29) is 5.54 Å². The van der Waals surface area contributed by atoms with Gasteiger partial charge >= 0.3 is 0 Å². The van der Waals surface area contributed by atoms with Crippen LogP contribution in [0.5, 0.6) is 0 Å². The van der Waals surface area contributed by atoms with Gasteiger partial charge in [-0.15, -0.1) is 0 Å². The number of hydrogen-bond acceptors (Lipinski definition) is 4. The molecule has 0 saturated heterocycles. The molecule has 1 fully saturated rings. The summed E-state index contributed by atoms with van der Waals surface area (Å²) in [5.74, 6) is 2.11. The van der Waals surface area contributed by atoms with Crippen LogP contribution in [0.25, 0.3) is 0 Å². The number of nitrogens with one attached hydrogen (secondary N) is 1. The van der Waals surface area contributed by atoms with E-state index in [1.807, 2.05) is 20.9 Å². The molecule has 1 heterocycles. The van der Waals surface area contributed by atoms with Gasteiger partial charge in [0.25, 0.3) is 0 Å². The molecule has 1 aliphatic rings. The predicted octanol–water partition coefficient (Wildman–Crippen LogP) is 1.40. The minimum atomic E-state index is -0.222. The molecular formula is C9H15N3O. The first kappa shape index (κ1) is 8.69. The molecule has 13 heavy (non-hydrogen) atoms. The SMILES string of the molecule is CNC(C)(C)c1nc(C2CC2)no1. The monoisotopic (exact) mass is 181 g/mol. The van der Waals surface area contributed by atoms with Gasteiger partial charge < -0.3 is 9.84 Å². The molecule has 0 spiro atoms. The summed E-state index contributed by atoms with van der Waals surface area (Å²) >= 11 is 0. The van der Waals surface area contributed by atoms with E-state index in [0.717, 1.165) is 5.82 Å². The van der Waals surface area contributed by atoms with E-state index in [4.69, 9.17) is 4.52 Å². The Bertz CT molecular complexity index is 302. The van der Waals surface area contributed by atoms with Gasteiger partial charge in [-0.1, -0.05) is 5.16 Å². The molecule has 1 aromatic rings. The predicted molar refractivity (Wildman–Crippen MR) is 48.4 cm³/mol. The van der Waals surface area contributed by atoms with Gasteiger partial charge in [0, 0.05) is 5.92 Å². The van der Waals surface area contributed by atoms with Crippen molar-refractivity contribution < 1.29 is 4.52 Å². The van der Waals surface area contributed by atoms with Gasteiger partial charge in [-0.2, -0.15) is 4.98 Å². The highest BCUT2D eigenvalue weighted by atomic mass is 16.5. The molecular weight excluding hydrogens is 166 g/mol. The Morgan fingerprint density at radius 3 is 2.69 bits per heavy atom. The lowest BCUT2D eigenvalue weighted by molar-refractivity contribution is 0.279. The Kier molecular flexibility index (Phi) is 1.87. The van der Waals surface area contributed by atoms with Crippen LogP contribution in [0.15, 0.2) is 4.52 Å². The van der Waals surface area contributed by atoms with Crippen molar-refractivity contribution in [3.05, 3.63) is 11.7 Å². The minimum Gasteiger partial charge on any atom is -0.337 e. The Morgan fingerprint density at radius 2 is 2.15 bits per heavy atom. The molecule has 1 saturated carbocycles. The quantitative estimate of drug-likeness (QED) is 0.765. The Labute approximate surface area is 77.7 Å². The molecule has 0 aromatic carbocycles. The molecule has 0 atom stereocenters. The molecule has 72 valence electrons. The van der Waals surface area contributed by atoms with E-state index in [9.17, 15) is 0 Å². The molecule has 1 aliphatic carbocycles. The van der Waals surface area contributed by atoms with E-state index in [1.165, 1.54) is 12.8 Å². The summed E-state index contributed by atoms with van der Waals surface area (Å²) in [6, 6.07) is 0. The van der Waals surface area contributed by atoms with Gasteiger partial charge in [0.1, 0.15) is 0 Å². The summed E-state index contributed by atoms with van der Waals surface area (Å²) in [7, 11) is 1.89. The lowest BCUT2D eigenvalue weighted by Gasteiger charge is -2.17. The van der Waals surface area contributed by atoms with Crippen molar-refractivity contribution in [3.8, 4) is 0 Å². The second kappa shape index (κ2) is 2.80. The summed E-state index contributed by atoms with van der Waals surface area (Å²) in [5, 5.41) is 7.10. The van der Waals surface area contributed by atoms with Crippen molar-refractivity contribution in [3.63, 3.8) is 0 Å². The normalized spacial score (nSPS) is 17.8. The zero-order chi connectivity index (χ0) is 9.47. The molecule has 0 unspecified atom stereocenters. The maximum absolute atomic E-state index is 5.20. The first-order valence-corrected chi connectivity index (χ1v) is 4.66. The largest absolute Gasteiger partial charge is 0.337 e. The first-order valence-electron chi connectivity index (χ1n) is 4.66. The second-order valence-electron chi connectivity index (χ2n) is 4.11.